The van der Waals surface area contributed by atoms with E-state index >= 15 is 0 Å². The molecule has 1 aromatic heterocycles. The zero-order valence-corrected chi connectivity index (χ0v) is 20.5. The lowest BCUT2D eigenvalue weighted by atomic mass is 10.2. The molecule has 4 rings (SSSR count). The summed E-state index contributed by atoms with van der Waals surface area (Å²) in [6.45, 7) is 0.322. The number of nitrogens with one attached hydrogen (secondary N) is 2. The van der Waals surface area contributed by atoms with Crippen LogP contribution in [-0.2, 0) is 17.8 Å². The number of carbonyl (C=O) groups excluding carboxylic acids is 2. The molecule has 0 bridgehead atoms. The molecule has 0 saturated heterocycles. The molecule has 0 unspecified atom stereocenters. The molecule has 0 aliphatic carbocycles. The Morgan fingerprint density at radius 3 is 2.38 bits per heavy atom. The predicted octanol–water partition coefficient (Wildman–Crippen LogP) is 4.21. The third-order valence-electron chi connectivity index (χ3n) is 4.95. The molecule has 11 heteroatoms. The molecule has 0 aliphatic heterocycles. The van der Waals surface area contributed by atoms with Crippen molar-refractivity contribution in [2.24, 2.45) is 5.10 Å². The highest BCUT2D eigenvalue weighted by Gasteiger charge is 2.12. The predicted molar refractivity (Wildman–Crippen MR) is 137 cm³/mol. The van der Waals surface area contributed by atoms with Crippen LogP contribution in [-0.4, -0.2) is 35.3 Å². The highest BCUT2D eigenvalue weighted by Crippen LogP contribution is 2.18. The second-order valence-corrected chi connectivity index (χ2v) is 8.70. The van der Waals surface area contributed by atoms with Crippen LogP contribution in [0.25, 0.3) is 0 Å². The van der Waals surface area contributed by atoms with Gasteiger partial charge in [-0.2, -0.15) is 5.10 Å². The van der Waals surface area contributed by atoms with Gasteiger partial charge in [0.25, 0.3) is 5.91 Å². The van der Waals surface area contributed by atoms with Crippen molar-refractivity contribution in [2.75, 3.05) is 12.4 Å². The summed E-state index contributed by atoms with van der Waals surface area (Å²) in [5.74, 6) is 0.289. The fourth-order valence-corrected chi connectivity index (χ4v) is 3.77. The van der Waals surface area contributed by atoms with Gasteiger partial charge < -0.3 is 9.47 Å². The van der Waals surface area contributed by atoms with Crippen molar-refractivity contribution < 1.29 is 23.5 Å². The van der Waals surface area contributed by atoms with E-state index in [0.717, 1.165) is 22.5 Å². The first kappa shape index (κ1) is 25.5. The van der Waals surface area contributed by atoms with Gasteiger partial charge in [-0.05, 0) is 71.8 Å². The number of hydrogen-bond acceptors (Lipinski definition) is 8. The Labute approximate surface area is 216 Å². The van der Waals surface area contributed by atoms with Crippen LogP contribution in [0.2, 0.25) is 0 Å². The van der Waals surface area contributed by atoms with Crippen LogP contribution in [0, 0.1) is 5.82 Å². The standard InChI is InChI=1S/C26H22FN5O4S/c1-35-21-12-6-19(7-13-21)25(34)29-26-32-31-24(37-26)14-23(33)30-28-15-17-4-10-22(11-5-17)36-16-18-2-8-20(27)9-3-18/h2-13,15H,14,16H2,1H3,(H,30,33)(H,29,32,34). The summed E-state index contributed by atoms with van der Waals surface area (Å²) in [7, 11) is 1.55. The first-order valence-corrected chi connectivity index (χ1v) is 11.9. The molecule has 0 radical (unpaired) electrons. The van der Waals surface area contributed by atoms with Gasteiger partial charge >= 0.3 is 0 Å². The van der Waals surface area contributed by atoms with Crippen molar-refractivity contribution in [1.29, 1.82) is 0 Å². The van der Waals surface area contributed by atoms with Crippen molar-refractivity contribution in [3.05, 3.63) is 100 Å². The molecule has 0 spiro atoms. The van der Waals surface area contributed by atoms with E-state index < -0.39 is 0 Å². The number of halogens is 1. The van der Waals surface area contributed by atoms with Gasteiger partial charge in [0.15, 0.2) is 0 Å². The van der Waals surface area contributed by atoms with Crippen molar-refractivity contribution in [3.8, 4) is 11.5 Å². The Morgan fingerprint density at radius 2 is 1.68 bits per heavy atom. The lowest BCUT2D eigenvalue weighted by Crippen LogP contribution is -2.19. The highest BCUT2D eigenvalue weighted by molar-refractivity contribution is 7.15. The maximum Gasteiger partial charge on any atom is 0.257 e. The number of anilines is 1. The third kappa shape index (κ3) is 7.67. The number of benzene rings is 3. The van der Waals surface area contributed by atoms with E-state index in [0.29, 0.717) is 28.7 Å². The number of hydrogen-bond donors (Lipinski definition) is 2. The fourth-order valence-electron chi connectivity index (χ4n) is 3.04. The summed E-state index contributed by atoms with van der Waals surface area (Å²) in [5, 5.41) is 15.2. The van der Waals surface area contributed by atoms with Crippen molar-refractivity contribution in [3.63, 3.8) is 0 Å². The molecule has 4 aromatic rings. The maximum atomic E-state index is 13.0. The molecule has 0 saturated carbocycles. The maximum absolute atomic E-state index is 13.0. The Kier molecular flexibility index (Phi) is 8.50. The summed E-state index contributed by atoms with van der Waals surface area (Å²) in [6, 6.07) is 19.9. The summed E-state index contributed by atoms with van der Waals surface area (Å²) >= 11 is 1.10. The minimum absolute atomic E-state index is 0.0381. The van der Waals surface area contributed by atoms with Crippen LogP contribution in [0.5, 0.6) is 11.5 Å². The van der Waals surface area contributed by atoms with Crippen molar-refractivity contribution in [2.45, 2.75) is 13.0 Å². The molecule has 0 aliphatic rings. The van der Waals surface area contributed by atoms with E-state index in [1.54, 1.807) is 67.8 Å². The first-order valence-electron chi connectivity index (χ1n) is 11.1. The van der Waals surface area contributed by atoms with Crippen LogP contribution < -0.4 is 20.2 Å². The average molecular weight is 520 g/mol. The normalized spacial score (nSPS) is 10.8. The molecule has 188 valence electrons. The smallest absolute Gasteiger partial charge is 0.257 e. The zero-order valence-electron chi connectivity index (χ0n) is 19.7. The van der Waals surface area contributed by atoms with Crippen molar-refractivity contribution in [1.82, 2.24) is 15.6 Å². The van der Waals surface area contributed by atoms with E-state index in [9.17, 15) is 14.0 Å². The van der Waals surface area contributed by atoms with Gasteiger partial charge in [0.05, 0.1) is 19.7 Å². The molecular weight excluding hydrogens is 497 g/mol. The monoisotopic (exact) mass is 519 g/mol. The molecule has 0 fully saturated rings. The third-order valence-corrected chi connectivity index (χ3v) is 5.79. The number of ether oxygens (including phenoxy) is 2. The lowest BCUT2D eigenvalue weighted by molar-refractivity contribution is -0.120. The average Bonchev–Trinajstić information content (AvgIpc) is 3.35. The number of amides is 2. The Bertz CT molecular complexity index is 1370. The number of aromatic nitrogens is 2. The Balaban J connectivity index is 1.21. The number of rotatable bonds is 10. The summed E-state index contributed by atoms with van der Waals surface area (Å²) in [6.07, 6.45) is 1.46. The Hall–Kier alpha value is -4.64. The van der Waals surface area contributed by atoms with Gasteiger partial charge in [-0.1, -0.05) is 23.5 Å². The largest absolute Gasteiger partial charge is 0.497 e. The molecule has 9 nitrogen and oxygen atoms in total. The van der Waals surface area contributed by atoms with Gasteiger partial charge in [-0.15, -0.1) is 10.2 Å². The van der Waals surface area contributed by atoms with E-state index in [1.165, 1.54) is 18.3 Å². The summed E-state index contributed by atoms with van der Waals surface area (Å²) < 4.78 is 23.7. The topological polar surface area (TPSA) is 115 Å². The Morgan fingerprint density at radius 1 is 0.973 bits per heavy atom. The first-order chi connectivity index (χ1) is 18.0. The minimum atomic E-state index is -0.375. The fraction of sp³-hybridized carbons (Fsp3) is 0.115. The van der Waals surface area contributed by atoms with Gasteiger partial charge in [0.2, 0.25) is 11.0 Å². The second-order valence-electron chi connectivity index (χ2n) is 7.64. The van der Waals surface area contributed by atoms with E-state index in [1.807, 2.05) is 0 Å². The van der Waals surface area contributed by atoms with Gasteiger partial charge in [-0.3, -0.25) is 14.9 Å². The lowest BCUT2D eigenvalue weighted by Gasteiger charge is -2.06. The number of carbonyl (C=O) groups is 2. The molecular formula is C26H22FN5O4S. The molecule has 3 aromatic carbocycles. The van der Waals surface area contributed by atoms with Crippen LogP contribution in [0.3, 0.4) is 0 Å². The quantitative estimate of drug-likeness (QED) is 0.240. The zero-order chi connectivity index (χ0) is 26.0. The van der Waals surface area contributed by atoms with Crippen LogP contribution in [0.1, 0.15) is 26.5 Å². The molecule has 0 atom stereocenters. The molecule has 2 amide bonds. The molecule has 2 N–H and O–H groups in total. The minimum Gasteiger partial charge on any atom is -0.497 e. The summed E-state index contributed by atoms with van der Waals surface area (Å²) in [5.41, 5.74) is 4.50. The van der Waals surface area contributed by atoms with E-state index in [-0.39, 0.29) is 29.2 Å². The number of nitrogens with zero attached hydrogens (tertiary/aromatic N) is 3. The SMILES string of the molecule is COc1ccc(C(=O)Nc2nnc(CC(=O)NN=Cc3ccc(OCc4ccc(F)cc4)cc3)s2)cc1. The van der Waals surface area contributed by atoms with Gasteiger partial charge in [0, 0.05) is 5.56 Å². The van der Waals surface area contributed by atoms with E-state index in [2.05, 4.69) is 26.0 Å². The van der Waals surface area contributed by atoms with Gasteiger partial charge in [0.1, 0.15) is 28.9 Å². The summed E-state index contributed by atoms with van der Waals surface area (Å²) in [4.78, 5) is 24.5. The second kappa shape index (κ2) is 12.4. The van der Waals surface area contributed by atoms with Crippen LogP contribution >= 0.6 is 11.3 Å². The van der Waals surface area contributed by atoms with Gasteiger partial charge in [-0.25, -0.2) is 9.82 Å². The molecule has 1 heterocycles. The van der Waals surface area contributed by atoms with E-state index in [4.69, 9.17) is 9.47 Å². The van der Waals surface area contributed by atoms with Crippen LogP contribution in [0.15, 0.2) is 77.9 Å². The van der Waals surface area contributed by atoms with Crippen LogP contribution in [0.4, 0.5) is 9.52 Å². The van der Waals surface area contributed by atoms with Crippen molar-refractivity contribution >= 4 is 34.5 Å². The number of methoxy groups -OCH3 is 1. The number of hydrazone groups is 1. The highest BCUT2D eigenvalue weighted by atomic mass is 32.1. The molecule has 37 heavy (non-hydrogen) atoms.